The van der Waals surface area contributed by atoms with Gasteiger partial charge in [-0.15, -0.1) is 0 Å². The molecule has 3 heterocycles. The van der Waals surface area contributed by atoms with E-state index in [0.717, 1.165) is 30.8 Å². The molecule has 0 radical (unpaired) electrons. The molecule has 0 saturated carbocycles. The number of nitrogens with one attached hydrogen (secondary N) is 3. The number of aryl methyl sites for hydroxylation is 1. The molecule has 1 saturated heterocycles. The predicted molar refractivity (Wildman–Crippen MR) is 95.2 cm³/mol. The number of pyridine rings is 1. The van der Waals surface area contributed by atoms with Crippen LogP contribution in [0.15, 0.2) is 6.20 Å². The average Bonchev–Trinajstić information content (AvgIpc) is 2.88. The summed E-state index contributed by atoms with van der Waals surface area (Å²) in [6.07, 6.45) is 3.44. The minimum absolute atomic E-state index is 0.0478. The highest BCUT2D eigenvalue weighted by Gasteiger charge is 2.38. The van der Waals surface area contributed by atoms with E-state index >= 15 is 0 Å². The topological polar surface area (TPSA) is 103 Å². The first-order valence-electron chi connectivity index (χ1n) is 9.06. The molecule has 0 bridgehead atoms. The first kappa shape index (κ1) is 18.3. The van der Waals surface area contributed by atoms with Gasteiger partial charge in [0.1, 0.15) is 6.04 Å². The van der Waals surface area contributed by atoms with Crippen LogP contribution < -0.4 is 16.0 Å². The van der Waals surface area contributed by atoms with Crippen LogP contribution in [0.3, 0.4) is 0 Å². The number of amides is 4. The number of rotatable bonds is 6. The molecule has 8 heteroatoms. The monoisotopic (exact) mass is 359 g/mol. The molecule has 1 aromatic rings. The molecule has 0 unspecified atom stereocenters. The smallest absolute Gasteiger partial charge is 0.324 e. The highest BCUT2D eigenvalue weighted by molar-refractivity contribution is 6.05. The van der Waals surface area contributed by atoms with Crippen LogP contribution in [0.5, 0.6) is 0 Å². The number of imide groups is 1. The van der Waals surface area contributed by atoms with Gasteiger partial charge < -0.3 is 16.0 Å². The fraction of sp³-hybridized carbons (Fsp3) is 0.556. The van der Waals surface area contributed by atoms with Crippen LogP contribution in [-0.4, -0.2) is 46.9 Å². The number of urea groups is 1. The van der Waals surface area contributed by atoms with Crippen LogP contribution in [0.2, 0.25) is 0 Å². The van der Waals surface area contributed by atoms with Crippen molar-refractivity contribution >= 4 is 17.8 Å². The number of hydrogen-bond donors (Lipinski definition) is 3. The number of hydrogen-bond acceptors (Lipinski definition) is 5. The van der Waals surface area contributed by atoms with Crippen LogP contribution in [0.25, 0.3) is 0 Å². The molecule has 3 rings (SSSR count). The molecule has 0 aliphatic carbocycles. The van der Waals surface area contributed by atoms with E-state index in [1.165, 1.54) is 16.0 Å². The second-order valence-corrected chi connectivity index (χ2v) is 6.73. The van der Waals surface area contributed by atoms with E-state index in [1.807, 2.05) is 20.0 Å². The Labute approximate surface area is 152 Å². The van der Waals surface area contributed by atoms with Gasteiger partial charge in [-0.2, -0.15) is 0 Å². The van der Waals surface area contributed by atoms with Crippen molar-refractivity contribution in [3.63, 3.8) is 0 Å². The third-order valence-electron chi connectivity index (χ3n) is 4.88. The zero-order valence-corrected chi connectivity index (χ0v) is 15.2. The molecular weight excluding hydrogens is 334 g/mol. The molecule has 3 N–H and O–H groups in total. The molecule has 140 valence electrons. The summed E-state index contributed by atoms with van der Waals surface area (Å²) < 4.78 is 0. The maximum atomic E-state index is 12.3. The zero-order chi connectivity index (χ0) is 18.7. The minimum atomic E-state index is -0.776. The lowest BCUT2D eigenvalue weighted by atomic mass is 9.96. The lowest BCUT2D eigenvalue weighted by Crippen LogP contribution is -2.37. The van der Waals surface area contributed by atoms with Gasteiger partial charge in [-0.1, -0.05) is 6.92 Å². The molecular formula is C18H25N5O3. The molecule has 2 aliphatic heterocycles. The van der Waals surface area contributed by atoms with Crippen molar-refractivity contribution in [3.05, 3.63) is 28.6 Å². The Bertz CT molecular complexity index is 734. The van der Waals surface area contributed by atoms with Crippen molar-refractivity contribution in [2.75, 3.05) is 13.1 Å². The lowest BCUT2D eigenvalue weighted by Gasteiger charge is -2.21. The standard InChI is InChI=1S/C18H25N5O3/c1-3-6-23-17(25)15(22-18(23)26)7-16(24)21-10-14-11(2)20-9-12-8-19-5-4-13(12)14/h9,15,19H,3-8,10H2,1-2H3,(H,21,24)(H,22,26)/t15-/m0/s1. The van der Waals surface area contributed by atoms with Crippen molar-refractivity contribution in [2.45, 2.75) is 52.2 Å². The lowest BCUT2D eigenvalue weighted by molar-refractivity contribution is -0.130. The predicted octanol–water partition coefficient (Wildman–Crippen LogP) is 0.372. The number of carbonyl (C=O) groups excluding carboxylic acids is 3. The van der Waals surface area contributed by atoms with Crippen molar-refractivity contribution in [1.29, 1.82) is 0 Å². The third-order valence-corrected chi connectivity index (χ3v) is 4.88. The minimum Gasteiger partial charge on any atom is -0.352 e. The molecule has 8 nitrogen and oxygen atoms in total. The summed E-state index contributed by atoms with van der Waals surface area (Å²) in [6.45, 7) is 6.29. The van der Waals surface area contributed by atoms with Gasteiger partial charge in [-0.05, 0) is 43.0 Å². The van der Waals surface area contributed by atoms with E-state index in [1.54, 1.807) is 0 Å². The molecule has 0 aromatic carbocycles. The van der Waals surface area contributed by atoms with Crippen molar-refractivity contribution < 1.29 is 14.4 Å². The van der Waals surface area contributed by atoms with Crippen molar-refractivity contribution in [1.82, 2.24) is 25.8 Å². The van der Waals surface area contributed by atoms with E-state index < -0.39 is 12.1 Å². The van der Waals surface area contributed by atoms with Crippen molar-refractivity contribution in [2.24, 2.45) is 0 Å². The Balaban J connectivity index is 1.60. The number of fused-ring (bicyclic) bond motifs is 1. The Morgan fingerprint density at radius 3 is 3.00 bits per heavy atom. The zero-order valence-electron chi connectivity index (χ0n) is 15.2. The summed E-state index contributed by atoms with van der Waals surface area (Å²) in [5.74, 6) is -0.582. The number of carbonyl (C=O) groups is 3. The number of aromatic nitrogens is 1. The summed E-state index contributed by atoms with van der Waals surface area (Å²) in [4.78, 5) is 41.9. The van der Waals surface area contributed by atoms with Gasteiger partial charge in [0.2, 0.25) is 5.91 Å². The Morgan fingerprint density at radius 2 is 2.23 bits per heavy atom. The quantitative estimate of drug-likeness (QED) is 0.637. The molecule has 26 heavy (non-hydrogen) atoms. The van der Waals surface area contributed by atoms with E-state index in [9.17, 15) is 14.4 Å². The van der Waals surface area contributed by atoms with Gasteiger partial charge in [0.15, 0.2) is 0 Å². The van der Waals surface area contributed by atoms with E-state index in [4.69, 9.17) is 0 Å². The van der Waals surface area contributed by atoms with Gasteiger partial charge in [0, 0.05) is 31.5 Å². The van der Waals surface area contributed by atoms with E-state index in [-0.39, 0.29) is 18.2 Å². The second-order valence-electron chi connectivity index (χ2n) is 6.73. The maximum absolute atomic E-state index is 12.3. The average molecular weight is 359 g/mol. The molecule has 2 aliphatic rings. The van der Waals surface area contributed by atoms with Crippen LogP contribution in [0.4, 0.5) is 4.79 Å². The maximum Gasteiger partial charge on any atom is 0.324 e. The SMILES string of the molecule is CCCN1C(=O)N[C@@H](CC(=O)NCc2c(C)ncc3c2CCNC3)C1=O. The third kappa shape index (κ3) is 3.70. The first-order chi connectivity index (χ1) is 12.5. The second kappa shape index (κ2) is 7.82. The Kier molecular flexibility index (Phi) is 5.51. The van der Waals surface area contributed by atoms with E-state index in [0.29, 0.717) is 19.5 Å². The summed E-state index contributed by atoms with van der Waals surface area (Å²) >= 11 is 0. The molecule has 0 spiro atoms. The fourth-order valence-corrected chi connectivity index (χ4v) is 3.47. The summed E-state index contributed by atoms with van der Waals surface area (Å²) in [5.41, 5.74) is 4.37. The molecule has 1 fully saturated rings. The van der Waals surface area contributed by atoms with Gasteiger partial charge in [-0.3, -0.25) is 19.5 Å². The van der Waals surface area contributed by atoms with Gasteiger partial charge in [0.05, 0.1) is 6.42 Å². The van der Waals surface area contributed by atoms with Gasteiger partial charge in [-0.25, -0.2) is 4.79 Å². The van der Waals surface area contributed by atoms with Crippen molar-refractivity contribution in [3.8, 4) is 0 Å². The highest BCUT2D eigenvalue weighted by Crippen LogP contribution is 2.20. The van der Waals surface area contributed by atoms with Crippen LogP contribution in [-0.2, 0) is 29.1 Å². The highest BCUT2D eigenvalue weighted by atomic mass is 16.2. The van der Waals surface area contributed by atoms with E-state index in [2.05, 4.69) is 20.9 Å². The normalized spacial score (nSPS) is 19.3. The molecule has 1 atom stereocenters. The molecule has 1 aromatic heterocycles. The number of nitrogens with zero attached hydrogens (tertiary/aromatic N) is 2. The fourth-order valence-electron chi connectivity index (χ4n) is 3.47. The summed E-state index contributed by atoms with van der Waals surface area (Å²) in [7, 11) is 0. The molecule has 4 amide bonds. The van der Waals surface area contributed by atoms with Crippen LogP contribution >= 0.6 is 0 Å². The Morgan fingerprint density at radius 1 is 1.42 bits per heavy atom. The van der Waals surface area contributed by atoms with Crippen LogP contribution in [0.1, 0.15) is 42.1 Å². The summed E-state index contributed by atoms with van der Waals surface area (Å²) in [6, 6.07) is -1.19. The summed E-state index contributed by atoms with van der Waals surface area (Å²) in [5, 5.41) is 8.78. The van der Waals surface area contributed by atoms with Gasteiger partial charge >= 0.3 is 6.03 Å². The largest absolute Gasteiger partial charge is 0.352 e. The Hall–Kier alpha value is -2.48. The first-order valence-corrected chi connectivity index (χ1v) is 9.06. The van der Waals surface area contributed by atoms with Gasteiger partial charge in [0.25, 0.3) is 5.91 Å². The van der Waals surface area contributed by atoms with Crippen LogP contribution in [0, 0.1) is 6.92 Å².